The normalized spacial score (nSPS) is 11.8. The van der Waals surface area contributed by atoms with Gasteiger partial charge in [0, 0.05) is 17.3 Å². The topological polar surface area (TPSA) is 139 Å². The number of benzene rings is 3. The SMILES string of the molecule is CCCc1cc(C(=O)NC(CC(=O)O)Cc2ccccc2C)nn1Cc1ccc(-c2ccccc2-c2nn[nH]n2)cc1. The van der Waals surface area contributed by atoms with Gasteiger partial charge < -0.3 is 10.4 Å². The molecular formula is C32H33N7O3. The third kappa shape index (κ3) is 6.77. The van der Waals surface area contributed by atoms with Crippen LogP contribution in [0.15, 0.2) is 78.9 Å². The summed E-state index contributed by atoms with van der Waals surface area (Å²) in [4.78, 5) is 24.8. The quantitative estimate of drug-likeness (QED) is 0.197. The molecule has 1 atom stereocenters. The van der Waals surface area contributed by atoms with Crippen LogP contribution < -0.4 is 5.32 Å². The summed E-state index contributed by atoms with van der Waals surface area (Å²) < 4.78 is 1.86. The number of carbonyl (C=O) groups is 2. The minimum atomic E-state index is -0.963. The predicted octanol–water partition coefficient (Wildman–Crippen LogP) is 4.86. The van der Waals surface area contributed by atoms with Gasteiger partial charge in [-0.3, -0.25) is 14.3 Å². The van der Waals surface area contributed by atoms with E-state index in [1.807, 2.05) is 84.4 Å². The van der Waals surface area contributed by atoms with Crippen molar-refractivity contribution >= 4 is 11.9 Å². The van der Waals surface area contributed by atoms with Gasteiger partial charge in [0.15, 0.2) is 0 Å². The van der Waals surface area contributed by atoms with E-state index in [1.165, 1.54) is 0 Å². The van der Waals surface area contributed by atoms with Crippen LogP contribution in [0, 0.1) is 6.92 Å². The van der Waals surface area contributed by atoms with Gasteiger partial charge in [0.25, 0.3) is 5.91 Å². The first-order valence-corrected chi connectivity index (χ1v) is 14.0. The van der Waals surface area contributed by atoms with E-state index in [0.29, 0.717) is 18.8 Å². The highest BCUT2D eigenvalue weighted by Crippen LogP contribution is 2.30. The Balaban J connectivity index is 1.33. The Kier molecular flexibility index (Phi) is 8.81. The summed E-state index contributed by atoms with van der Waals surface area (Å²) in [6.45, 7) is 4.56. The first-order valence-electron chi connectivity index (χ1n) is 14.0. The maximum absolute atomic E-state index is 13.3. The second-order valence-electron chi connectivity index (χ2n) is 10.3. The van der Waals surface area contributed by atoms with Crippen molar-refractivity contribution in [1.82, 2.24) is 35.7 Å². The maximum Gasteiger partial charge on any atom is 0.305 e. The van der Waals surface area contributed by atoms with Crippen LogP contribution in [-0.4, -0.2) is 53.4 Å². The molecule has 0 aliphatic rings. The number of hydrogen-bond donors (Lipinski definition) is 3. The summed E-state index contributed by atoms with van der Waals surface area (Å²) in [5, 5.41) is 31.5. The van der Waals surface area contributed by atoms with Crippen molar-refractivity contribution in [2.24, 2.45) is 0 Å². The molecule has 0 saturated heterocycles. The van der Waals surface area contributed by atoms with Gasteiger partial charge in [0.1, 0.15) is 5.69 Å². The highest BCUT2D eigenvalue weighted by molar-refractivity contribution is 5.93. The Morgan fingerprint density at radius 3 is 2.43 bits per heavy atom. The fraction of sp³-hybridized carbons (Fsp3) is 0.250. The summed E-state index contributed by atoms with van der Waals surface area (Å²) in [7, 11) is 0. The number of nitrogens with zero attached hydrogens (tertiary/aromatic N) is 5. The van der Waals surface area contributed by atoms with Crippen molar-refractivity contribution < 1.29 is 14.7 Å². The largest absolute Gasteiger partial charge is 0.481 e. The fourth-order valence-electron chi connectivity index (χ4n) is 5.08. The van der Waals surface area contributed by atoms with E-state index in [1.54, 1.807) is 6.07 Å². The van der Waals surface area contributed by atoms with Crippen LogP contribution >= 0.6 is 0 Å². The molecule has 3 N–H and O–H groups in total. The molecule has 1 amide bonds. The van der Waals surface area contributed by atoms with E-state index < -0.39 is 12.0 Å². The molecule has 0 fully saturated rings. The Morgan fingerprint density at radius 1 is 1.00 bits per heavy atom. The third-order valence-corrected chi connectivity index (χ3v) is 7.20. The standard InChI is InChI=1S/C32H33N7O3/c1-3-8-26-19-29(32(42)33-25(18-30(40)41)17-24-10-5-4-9-21(24)2)36-39(26)20-22-13-15-23(16-14-22)27-11-6-7-12-28(27)31-34-37-38-35-31/h4-7,9-16,19,25H,3,8,17-18,20H2,1-2H3,(H,33,42)(H,40,41)(H,34,35,37,38). The molecule has 214 valence electrons. The third-order valence-electron chi connectivity index (χ3n) is 7.20. The molecule has 0 aliphatic carbocycles. The van der Waals surface area contributed by atoms with Crippen LogP contribution in [-0.2, 0) is 24.2 Å². The van der Waals surface area contributed by atoms with Crippen molar-refractivity contribution in [3.8, 4) is 22.5 Å². The second-order valence-corrected chi connectivity index (χ2v) is 10.3. The number of carbonyl (C=O) groups excluding carboxylic acids is 1. The van der Waals surface area contributed by atoms with E-state index in [4.69, 9.17) is 0 Å². The molecule has 10 nitrogen and oxygen atoms in total. The monoisotopic (exact) mass is 563 g/mol. The number of amides is 1. The fourth-order valence-corrected chi connectivity index (χ4v) is 5.08. The van der Waals surface area contributed by atoms with Gasteiger partial charge in [0.05, 0.1) is 13.0 Å². The van der Waals surface area contributed by atoms with Gasteiger partial charge in [-0.2, -0.15) is 10.3 Å². The average Bonchev–Trinajstić information content (AvgIpc) is 3.66. The molecule has 0 bridgehead atoms. The zero-order valence-corrected chi connectivity index (χ0v) is 23.6. The Bertz CT molecular complexity index is 1660. The average molecular weight is 564 g/mol. The van der Waals surface area contributed by atoms with Gasteiger partial charge in [0.2, 0.25) is 5.82 Å². The molecule has 10 heteroatoms. The van der Waals surface area contributed by atoms with Gasteiger partial charge in [-0.25, -0.2) is 0 Å². The summed E-state index contributed by atoms with van der Waals surface area (Å²) in [6.07, 6.45) is 1.91. The molecule has 2 aromatic heterocycles. The number of aryl methyl sites for hydroxylation is 2. The second kappa shape index (κ2) is 13.0. The molecule has 42 heavy (non-hydrogen) atoms. The lowest BCUT2D eigenvalue weighted by Gasteiger charge is -2.17. The summed E-state index contributed by atoms with van der Waals surface area (Å²) in [5.74, 6) is -0.806. The molecule has 2 heterocycles. The smallest absolute Gasteiger partial charge is 0.305 e. The Hall–Kier alpha value is -5.12. The number of aromatic nitrogens is 6. The molecule has 1 unspecified atom stereocenters. The number of carboxylic acid groups (broad SMARTS) is 1. The number of carboxylic acids is 1. The van der Waals surface area contributed by atoms with E-state index in [-0.39, 0.29) is 18.0 Å². The maximum atomic E-state index is 13.3. The van der Waals surface area contributed by atoms with E-state index in [2.05, 4.69) is 38.0 Å². The summed E-state index contributed by atoms with van der Waals surface area (Å²) in [6, 6.07) is 25.1. The van der Waals surface area contributed by atoms with Gasteiger partial charge in [-0.15, -0.1) is 10.2 Å². The van der Waals surface area contributed by atoms with Crippen molar-refractivity contribution in [2.45, 2.75) is 52.1 Å². The lowest BCUT2D eigenvalue weighted by Crippen LogP contribution is -2.38. The van der Waals surface area contributed by atoms with Crippen LogP contribution in [0.5, 0.6) is 0 Å². The molecular weight excluding hydrogens is 530 g/mol. The molecule has 0 saturated carbocycles. The predicted molar refractivity (Wildman–Crippen MR) is 159 cm³/mol. The van der Waals surface area contributed by atoms with Crippen molar-refractivity contribution in [3.63, 3.8) is 0 Å². The van der Waals surface area contributed by atoms with Crippen LogP contribution in [0.1, 0.15) is 52.6 Å². The van der Waals surface area contributed by atoms with Crippen LogP contribution in [0.4, 0.5) is 0 Å². The van der Waals surface area contributed by atoms with Crippen LogP contribution in [0.3, 0.4) is 0 Å². The van der Waals surface area contributed by atoms with Crippen molar-refractivity contribution in [2.75, 3.05) is 0 Å². The number of H-pyrrole nitrogens is 1. The molecule has 0 aliphatic heterocycles. The minimum Gasteiger partial charge on any atom is -0.481 e. The summed E-state index contributed by atoms with van der Waals surface area (Å²) >= 11 is 0. The van der Waals surface area contributed by atoms with Crippen LogP contribution in [0.2, 0.25) is 0 Å². The van der Waals surface area contributed by atoms with Crippen molar-refractivity contribution in [1.29, 1.82) is 0 Å². The number of aliphatic carboxylic acids is 1. The van der Waals surface area contributed by atoms with Gasteiger partial charge in [-0.05, 0) is 58.9 Å². The van der Waals surface area contributed by atoms with Crippen molar-refractivity contribution in [3.05, 3.63) is 107 Å². The first kappa shape index (κ1) is 28.4. The Labute approximate surface area is 243 Å². The van der Waals surface area contributed by atoms with E-state index in [9.17, 15) is 14.7 Å². The first-order chi connectivity index (χ1) is 20.4. The number of hydrogen-bond acceptors (Lipinski definition) is 6. The number of rotatable bonds is 12. The van der Waals surface area contributed by atoms with E-state index >= 15 is 0 Å². The highest BCUT2D eigenvalue weighted by Gasteiger charge is 2.21. The Morgan fingerprint density at radius 2 is 1.74 bits per heavy atom. The lowest BCUT2D eigenvalue weighted by atomic mass is 9.98. The zero-order chi connectivity index (χ0) is 29.5. The molecule has 0 spiro atoms. The minimum absolute atomic E-state index is 0.176. The van der Waals surface area contributed by atoms with Gasteiger partial charge in [-0.1, -0.05) is 86.1 Å². The number of tetrazole rings is 1. The zero-order valence-electron chi connectivity index (χ0n) is 23.6. The molecule has 0 radical (unpaired) electrons. The molecule has 5 rings (SSSR count). The highest BCUT2D eigenvalue weighted by atomic mass is 16.4. The van der Waals surface area contributed by atoms with E-state index in [0.717, 1.165) is 51.9 Å². The number of aromatic amines is 1. The lowest BCUT2D eigenvalue weighted by molar-refractivity contribution is -0.137. The summed E-state index contributed by atoms with van der Waals surface area (Å²) in [5.41, 5.74) is 7.23. The van der Waals surface area contributed by atoms with Crippen LogP contribution in [0.25, 0.3) is 22.5 Å². The van der Waals surface area contributed by atoms with Gasteiger partial charge >= 0.3 is 5.97 Å². The molecule has 5 aromatic rings. The number of nitrogens with one attached hydrogen (secondary N) is 2. The molecule has 3 aromatic carbocycles.